The molecule has 1 aromatic carbocycles. The van der Waals surface area contributed by atoms with Gasteiger partial charge >= 0.3 is 6.09 Å². The number of phenols is 1. The van der Waals surface area contributed by atoms with Crippen molar-refractivity contribution in [2.75, 3.05) is 20.2 Å². The topological polar surface area (TPSA) is 83.9 Å². The van der Waals surface area contributed by atoms with Gasteiger partial charge in [0.2, 0.25) is 0 Å². The van der Waals surface area contributed by atoms with E-state index < -0.39 is 11.7 Å². The lowest BCUT2D eigenvalue weighted by Crippen LogP contribution is -2.53. The van der Waals surface area contributed by atoms with Gasteiger partial charge in [-0.25, -0.2) is 4.79 Å². The molecule has 3 atom stereocenters. The summed E-state index contributed by atoms with van der Waals surface area (Å²) in [4.78, 5) is 19.8. The second kappa shape index (κ2) is 8.62. The van der Waals surface area contributed by atoms with Crippen molar-refractivity contribution in [3.05, 3.63) is 52.8 Å². The second-order valence-electron chi connectivity index (χ2n) is 9.84. The van der Waals surface area contributed by atoms with Gasteiger partial charge in [0.1, 0.15) is 5.60 Å². The average molecular weight is 440 g/mol. The highest BCUT2D eigenvalue weighted by atomic mass is 16.6. The molecule has 0 radical (unpaired) electrons. The lowest BCUT2D eigenvalue weighted by molar-refractivity contribution is 0.0411. The van der Waals surface area contributed by atoms with Gasteiger partial charge < -0.3 is 19.9 Å². The third-order valence-electron chi connectivity index (χ3n) is 6.32. The summed E-state index contributed by atoms with van der Waals surface area (Å²) >= 11 is 0. The minimum atomic E-state index is -0.565. The highest BCUT2D eigenvalue weighted by Gasteiger charge is 2.41. The number of hydrogen-bond donors (Lipinski definition) is 2. The number of aryl methyl sites for hydroxylation is 1. The summed E-state index contributed by atoms with van der Waals surface area (Å²) in [5, 5.41) is 13.4. The summed E-state index contributed by atoms with van der Waals surface area (Å²) in [7, 11) is 1.56. The number of ether oxygens (including phenoxy) is 2. The van der Waals surface area contributed by atoms with Crippen molar-refractivity contribution in [2.45, 2.75) is 64.1 Å². The Morgan fingerprint density at radius 2 is 2.06 bits per heavy atom. The Bertz CT molecular complexity index is 1000. The molecule has 2 aliphatic heterocycles. The quantitative estimate of drug-likeness (QED) is 0.750. The van der Waals surface area contributed by atoms with Gasteiger partial charge in [-0.05, 0) is 81.5 Å². The minimum absolute atomic E-state index is 0.0548. The molecule has 0 bridgehead atoms. The maximum atomic E-state index is 12.7. The first-order chi connectivity index (χ1) is 15.1. The Hall–Kier alpha value is -2.80. The maximum Gasteiger partial charge on any atom is 0.407 e. The van der Waals surface area contributed by atoms with Gasteiger partial charge in [-0.15, -0.1) is 0 Å². The van der Waals surface area contributed by atoms with Crippen LogP contribution in [0.25, 0.3) is 0 Å². The van der Waals surface area contributed by atoms with E-state index in [0.29, 0.717) is 5.75 Å². The fourth-order valence-corrected chi connectivity index (χ4v) is 4.89. The highest BCUT2D eigenvalue weighted by molar-refractivity contribution is 5.68. The summed E-state index contributed by atoms with van der Waals surface area (Å²) in [6, 6.07) is 7.84. The molecule has 3 heterocycles. The molecule has 2 aromatic rings. The maximum absolute atomic E-state index is 12.7. The highest BCUT2D eigenvalue weighted by Crippen LogP contribution is 2.44. The summed E-state index contributed by atoms with van der Waals surface area (Å²) < 4.78 is 10.9. The fourth-order valence-electron chi connectivity index (χ4n) is 4.89. The van der Waals surface area contributed by atoms with E-state index in [1.54, 1.807) is 7.11 Å². The van der Waals surface area contributed by atoms with Crippen LogP contribution in [0.15, 0.2) is 30.5 Å². The van der Waals surface area contributed by atoms with Crippen LogP contribution in [0.4, 0.5) is 4.79 Å². The van der Waals surface area contributed by atoms with Gasteiger partial charge in [0.25, 0.3) is 0 Å². The van der Waals surface area contributed by atoms with Gasteiger partial charge in [0, 0.05) is 43.0 Å². The Morgan fingerprint density at radius 1 is 1.28 bits per heavy atom. The molecule has 32 heavy (non-hydrogen) atoms. The summed E-state index contributed by atoms with van der Waals surface area (Å²) in [6.07, 6.45) is 3.01. The van der Waals surface area contributed by atoms with Gasteiger partial charge in [-0.2, -0.15) is 0 Å². The molecule has 2 N–H and O–H groups in total. The standard InChI is InChI=1S/C25H33N3O4/c1-15-6-8-26-19(10-15)18-14-28-9-7-16-11-22(29)23(31-5)12-17(16)21(28)13-20(18)27-24(30)32-25(2,3)4/h6,8,10-12,18,20-21,29H,7,9,13-14H2,1-5H3,(H,27,30)/t18-,20-,21-/m1/s1. The van der Waals surface area contributed by atoms with Crippen molar-refractivity contribution in [1.29, 1.82) is 0 Å². The Balaban J connectivity index is 1.67. The Kier molecular flexibility index (Phi) is 6.03. The van der Waals surface area contributed by atoms with Crippen LogP contribution in [-0.4, -0.2) is 52.9 Å². The molecular weight excluding hydrogens is 406 g/mol. The lowest BCUT2D eigenvalue weighted by atomic mass is 9.79. The third-order valence-corrected chi connectivity index (χ3v) is 6.32. The predicted molar refractivity (Wildman–Crippen MR) is 122 cm³/mol. The van der Waals surface area contributed by atoms with Crippen LogP contribution in [-0.2, 0) is 11.2 Å². The first-order valence-electron chi connectivity index (χ1n) is 11.2. The van der Waals surface area contributed by atoms with Crippen LogP contribution in [0.5, 0.6) is 11.5 Å². The van der Waals surface area contributed by atoms with Crippen molar-refractivity contribution in [3.63, 3.8) is 0 Å². The first kappa shape index (κ1) is 22.4. The van der Waals surface area contributed by atoms with Gasteiger partial charge in [-0.1, -0.05) is 0 Å². The zero-order valence-corrected chi connectivity index (χ0v) is 19.5. The molecule has 1 amide bonds. The molecule has 1 fully saturated rings. The number of nitrogens with zero attached hydrogens (tertiary/aromatic N) is 2. The Labute approximate surface area is 189 Å². The number of phenolic OH excluding ortho intramolecular Hbond substituents is 1. The SMILES string of the molecule is COc1cc2c(cc1O)CCN1C[C@H](c3cc(C)ccn3)[C@H](NC(=O)OC(C)(C)C)C[C@H]21. The lowest BCUT2D eigenvalue weighted by Gasteiger charge is -2.47. The Morgan fingerprint density at radius 3 is 2.75 bits per heavy atom. The minimum Gasteiger partial charge on any atom is -0.504 e. The molecule has 4 rings (SSSR count). The number of rotatable bonds is 3. The molecule has 172 valence electrons. The normalized spacial score (nSPS) is 23.1. The molecule has 0 aliphatic carbocycles. The van der Waals surface area contributed by atoms with E-state index in [-0.39, 0.29) is 23.8 Å². The molecule has 2 aliphatic rings. The number of carbonyl (C=O) groups excluding carboxylic acids is 1. The van der Waals surface area contributed by atoms with E-state index >= 15 is 0 Å². The molecule has 1 aromatic heterocycles. The van der Waals surface area contributed by atoms with Crippen molar-refractivity contribution >= 4 is 6.09 Å². The predicted octanol–water partition coefficient (Wildman–Crippen LogP) is 4.08. The van der Waals surface area contributed by atoms with Crippen LogP contribution in [0, 0.1) is 6.92 Å². The zero-order valence-electron chi connectivity index (χ0n) is 19.5. The number of methoxy groups -OCH3 is 1. The van der Waals surface area contributed by atoms with E-state index in [4.69, 9.17) is 9.47 Å². The number of carbonyl (C=O) groups is 1. The number of aromatic hydroxyl groups is 1. The van der Waals surface area contributed by atoms with Crippen LogP contribution < -0.4 is 10.1 Å². The molecule has 7 nitrogen and oxygen atoms in total. The van der Waals surface area contributed by atoms with Crippen molar-refractivity contribution in [2.24, 2.45) is 0 Å². The van der Waals surface area contributed by atoms with E-state index in [1.165, 1.54) is 0 Å². The summed E-state index contributed by atoms with van der Waals surface area (Å²) in [6.45, 7) is 9.33. The van der Waals surface area contributed by atoms with Crippen molar-refractivity contribution < 1.29 is 19.4 Å². The van der Waals surface area contributed by atoms with Crippen LogP contribution in [0.1, 0.15) is 61.5 Å². The number of nitrogens with one attached hydrogen (secondary N) is 1. The third kappa shape index (κ3) is 4.67. The van der Waals surface area contributed by atoms with Crippen molar-refractivity contribution in [3.8, 4) is 11.5 Å². The number of benzene rings is 1. The summed E-state index contributed by atoms with van der Waals surface area (Å²) in [5.74, 6) is 0.699. The van der Waals surface area contributed by atoms with Gasteiger partial charge in [0.15, 0.2) is 11.5 Å². The fraction of sp³-hybridized carbons (Fsp3) is 0.520. The zero-order chi connectivity index (χ0) is 23.0. The van der Waals surface area contributed by atoms with E-state index in [2.05, 4.69) is 28.2 Å². The number of hydrogen-bond acceptors (Lipinski definition) is 6. The number of piperidine rings is 1. The van der Waals surface area contributed by atoms with Gasteiger partial charge in [0.05, 0.1) is 7.11 Å². The molecule has 0 spiro atoms. The van der Waals surface area contributed by atoms with Gasteiger partial charge in [-0.3, -0.25) is 9.88 Å². The first-order valence-corrected chi connectivity index (χ1v) is 11.2. The monoisotopic (exact) mass is 439 g/mol. The number of pyridine rings is 1. The number of fused-ring (bicyclic) bond motifs is 3. The molecule has 0 unspecified atom stereocenters. The van der Waals surface area contributed by atoms with Crippen molar-refractivity contribution in [1.82, 2.24) is 15.2 Å². The second-order valence-corrected chi connectivity index (χ2v) is 9.84. The van der Waals surface area contributed by atoms with E-state index in [0.717, 1.165) is 48.3 Å². The number of aromatic nitrogens is 1. The van der Waals surface area contributed by atoms with Crippen LogP contribution in [0.2, 0.25) is 0 Å². The molecular formula is C25H33N3O4. The molecule has 1 saturated heterocycles. The van der Waals surface area contributed by atoms with E-state index in [1.807, 2.05) is 45.2 Å². The largest absolute Gasteiger partial charge is 0.504 e. The van der Waals surface area contributed by atoms with Crippen LogP contribution in [0.3, 0.4) is 0 Å². The summed E-state index contributed by atoms with van der Waals surface area (Å²) in [5.41, 5.74) is 3.85. The smallest absolute Gasteiger partial charge is 0.407 e. The average Bonchev–Trinajstić information content (AvgIpc) is 2.71. The van der Waals surface area contributed by atoms with E-state index in [9.17, 15) is 9.90 Å². The number of alkyl carbamates (subject to hydrolysis) is 1. The van der Waals surface area contributed by atoms with Crippen LogP contribution >= 0.6 is 0 Å². The molecule has 0 saturated carbocycles. The number of amides is 1. The molecule has 7 heteroatoms.